The zero-order chi connectivity index (χ0) is 6.69. The minimum Gasteiger partial charge on any atom is -0.297 e. The minimum atomic E-state index is -0.600. The lowest BCUT2D eigenvalue weighted by molar-refractivity contribution is -0.117. The van der Waals surface area contributed by atoms with Crippen molar-refractivity contribution >= 4 is 17.7 Å². The highest BCUT2D eigenvalue weighted by Gasteiger charge is 2.22. The van der Waals surface area contributed by atoms with Crippen LogP contribution in [0.15, 0.2) is 5.18 Å². The topological polar surface area (TPSA) is 58.5 Å². The summed E-state index contributed by atoms with van der Waals surface area (Å²) >= 11 is 1.42. The first-order valence-corrected chi connectivity index (χ1v) is 3.61. The van der Waals surface area contributed by atoms with E-state index in [1.807, 2.05) is 0 Å². The van der Waals surface area contributed by atoms with Gasteiger partial charge >= 0.3 is 5.91 Å². The van der Waals surface area contributed by atoms with Gasteiger partial charge in [-0.05, 0) is 0 Å². The molecule has 4 nitrogen and oxygen atoms in total. The van der Waals surface area contributed by atoms with Crippen LogP contribution in [0.3, 0.4) is 0 Å². The Morgan fingerprint density at radius 1 is 1.78 bits per heavy atom. The van der Waals surface area contributed by atoms with E-state index in [1.54, 1.807) is 0 Å². The quantitative estimate of drug-likeness (QED) is 0.526. The predicted octanol–water partition coefficient (Wildman–Crippen LogP) is -0.0581. The first-order chi connectivity index (χ1) is 4.34. The number of carbonyl (C=O) groups excluding carboxylic acids is 1. The van der Waals surface area contributed by atoms with Gasteiger partial charge in [0, 0.05) is 17.5 Å². The molecule has 1 amide bonds. The molecule has 0 aromatic rings. The number of hydrogen-bond donors (Lipinski definition) is 1. The lowest BCUT2D eigenvalue weighted by atomic mass is 10.6. The zero-order valence-corrected chi connectivity index (χ0v) is 5.48. The smallest absolute Gasteiger partial charge is 0.297 e. The first-order valence-electron chi connectivity index (χ1n) is 2.57. The van der Waals surface area contributed by atoms with E-state index < -0.39 is 5.91 Å². The highest BCUT2D eigenvalue weighted by Crippen LogP contribution is 2.14. The third kappa shape index (κ3) is 1.49. The monoisotopic (exact) mass is 146 g/mol. The number of hydrogen-bond acceptors (Lipinski definition) is 4. The van der Waals surface area contributed by atoms with Crippen molar-refractivity contribution < 1.29 is 4.79 Å². The molecule has 0 radical (unpaired) electrons. The van der Waals surface area contributed by atoms with E-state index in [4.69, 9.17) is 0 Å². The Morgan fingerprint density at radius 3 is 3.00 bits per heavy atom. The molecule has 1 aliphatic heterocycles. The Bertz CT molecular complexity index is 133. The molecule has 1 atom stereocenters. The lowest BCUT2D eigenvalue weighted by Crippen LogP contribution is -2.26. The molecule has 0 aromatic heterocycles. The van der Waals surface area contributed by atoms with Crippen molar-refractivity contribution in [3.8, 4) is 0 Å². The van der Waals surface area contributed by atoms with Crippen molar-refractivity contribution in [2.24, 2.45) is 5.18 Å². The number of nitrogens with zero attached hydrogens (tertiary/aromatic N) is 1. The van der Waals surface area contributed by atoms with Crippen molar-refractivity contribution in [2.45, 2.75) is 5.37 Å². The molecule has 0 bridgehead atoms. The second kappa shape index (κ2) is 2.93. The molecular formula is C4H6N2O2S. The maximum absolute atomic E-state index is 10.5. The van der Waals surface area contributed by atoms with Crippen LogP contribution in [-0.2, 0) is 4.79 Å². The van der Waals surface area contributed by atoms with E-state index in [-0.39, 0.29) is 5.37 Å². The van der Waals surface area contributed by atoms with Crippen LogP contribution >= 0.6 is 11.8 Å². The fraction of sp³-hybridized carbons (Fsp3) is 0.750. The Kier molecular flexibility index (Phi) is 2.18. The molecule has 1 rings (SSSR count). The largest absolute Gasteiger partial charge is 0.313 e. The fourth-order valence-corrected chi connectivity index (χ4v) is 1.52. The number of nitrogens with one attached hydrogen (secondary N) is 1. The molecule has 1 N–H and O–H groups in total. The van der Waals surface area contributed by atoms with E-state index in [0.717, 1.165) is 12.3 Å². The summed E-state index contributed by atoms with van der Waals surface area (Å²) < 4.78 is 0. The number of thioether (sulfide) groups is 1. The highest BCUT2D eigenvalue weighted by molar-refractivity contribution is 8.00. The average Bonchev–Trinajstić information content (AvgIpc) is 2.37. The van der Waals surface area contributed by atoms with Crippen molar-refractivity contribution in [3.05, 3.63) is 4.91 Å². The van der Waals surface area contributed by atoms with Gasteiger partial charge in [-0.3, -0.25) is 10.1 Å². The molecule has 0 aromatic carbocycles. The van der Waals surface area contributed by atoms with Gasteiger partial charge in [-0.2, -0.15) is 0 Å². The van der Waals surface area contributed by atoms with Crippen LogP contribution in [0.25, 0.3) is 0 Å². The van der Waals surface area contributed by atoms with Crippen LogP contribution in [0.1, 0.15) is 0 Å². The van der Waals surface area contributed by atoms with Gasteiger partial charge in [-0.25, -0.2) is 0 Å². The summed E-state index contributed by atoms with van der Waals surface area (Å²) in [6, 6.07) is 0. The van der Waals surface area contributed by atoms with Gasteiger partial charge in [0.2, 0.25) is 0 Å². The summed E-state index contributed by atoms with van der Waals surface area (Å²) in [5.74, 6) is 0.281. The normalized spacial score (nSPS) is 26.0. The number of nitroso groups, excluding NO2 is 1. The molecule has 0 spiro atoms. The Hall–Kier alpha value is -0.420. The first kappa shape index (κ1) is 6.70. The van der Waals surface area contributed by atoms with Crippen molar-refractivity contribution in [1.82, 2.24) is 5.32 Å². The maximum Gasteiger partial charge on any atom is 0.313 e. The van der Waals surface area contributed by atoms with Crippen molar-refractivity contribution in [3.63, 3.8) is 0 Å². The molecule has 1 saturated heterocycles. The van der Waals surface area contributed by atoms with Gasteiger partial charge in [0.05, 0.1) is 0 Å². The number of carbonyl (C=O) groups is 1. The molecule has 0 saturated carbocycles. The third-order valence-corrected chi connectivity index (χ3v) is 2.17. The number of rotatable bonds is 1. The van der Waals surface area contributed by atoms with Gasteiger partial charge in [0.15, 0.2) is 0 Å². The summed E-state index contributed by atoms with van der Waals surface area (Å²) in [5, 5.41) is 4.75. The summed E-state index contributed by atoms with van der Waals surface area (Å²) in [6.45, 7) is 0.788. The Labute approximate surface area is 56.4 Å². The molecule has 0 aliphatic carbocycles. The van der Waals surface area contributed by atoms with E-state index in [0.29, 0.717) is 0 Å². The van der Waals surface area contributed by atoms with Crippen LogP contribution in [0.4, 0.5) is 0 Å². The van der Waals surface area contributed by atoms with E-state index in [2.05, 4.69) is 10.5 Å². The lowest BCUT2D eigenvalue weighted by Gasteiger charge is -1.98. The second-order valence-electron chi connectivity index (χ2n) is 1.63. The van der Waals surface area contributed by atoms with Crippen LogP contribution in [0.5, 0.6) is 0 Å². The highest BCUT2D eigenvalue weighted by atomic mass is 32.2. The summed E-state index contributed by atoms with van der Waals surface area (Å²) in [7, 11) is 0. The third-order valence-electron chi connectivity index (χ3n) is 1.03. The summed E-state index contributed by atoms with van der Waals surface area (Å²) in [6.07, 6.45) is 0. The Morgan fingerprint density at radius 2 is 2.56 bits per heavy atom. The molecule has 50 valence electrons. The average molecular weight is 146 g/mol. The van der Waals surface area contributed by atoms with E-state index >= 15 is 0 Å². The molecular weight excluding hydrogens is 140 g/mol. The van der Waals surface area contributed by atoms with Gasteiger partial charge in [-0.15, -0.1) is 16.7 Å². The summed E-state index contributed by atoms with van der Waals surface area (Å²) in [4.78, 5) is 20.1. The molecule has 1 aliphatic rings. The van der Waals surface area contributed by atoms with Crippen molar-refractivity contribution in [2.75, 3.05) is 12.3 Å². The zero-order valence-electron chi connectivity index (χ0n) is 4.66. The molecule has 9 heavy (non-hydrogen) atoms. The standard InChI is InChI=1S/C4H6N2O2S/c7-3(6-8)4-5-1-2-9-4/h4-5H,1-2H2. The molecule has 1 heterocycles. The molecule has 1 fully saturated rings. The Balaban J connectivity index is 2.41. The maximum atomic E-state index is 10.5. The second-order valence-corrected chi connectivity index (χ2v) is 2.85. The van der Waals surface area contributed by atoms with Gasteiger partial charge in [-0.1, -0.05) is 0 Å². The van der Waals surface area contributed by atoms with Gasteiger partial charge in [0.1, 0.15) is 5.37 Å². The number of amides is 1. The molecule has 1 unspecified atom stereocenters. The van der Waals surface area contributed by atoms with Gasteiger partial charge < -0.3 is 0 Å². The predicted molar refractivity (Wildman–Crippen MR) is 35.1 cm³/mol. The van der Waals surface area contributed by atoms with Crippen LogP contribution in [0.2, 0.25) is 0 Å². The van der Waals surface area contributed by atoms with Crippen molar-refractivity contribution in [1.29, 1.82) is 0 Å². The summed E-state index contributed by atoms with van der Waals surface area (Å²) in [5.41, 5.74) is 0. The van der Waals surface area contributed by atoms with E-state index in [9.17, 15) is 9.70 Å². The van der Waals surface area contributed by atoms with Gasteiger partial charge in [0.25, 0.3) is 0 Å². The SMILES string of the molecule is O=NC(=O)C1NCCS1. The van der Waals surface area contributed by atoms with Crippen LogP contribution in [0, 0.1) is 4.91 Å². The van der Waals surface area contributed by atoms with E-state index in [1.165, 1.54) is 11.8 Å². The minimum absolute atomic E-state index is 0.373. The van der Waals surface area contributed by atoms with Crippen LogP contribution in [-0.4, -0.2) is 23.6 Å². The fourth-order valence-electron chi connectivity index (χ4n) is 0.632. The van der Waals surface area contributed by atoms with Crippen LogP contribution < -0.4 is 5.32 Å². The molecule has 5 heteroatoms.